The molecule has 1 N–H and O–H groups in total. The van der Waals surface area contributed by atoms with Crippen molar-refractivity contribution < 1.29 is 14.3 Å². The second kappa shape index (κ2) is 12.1. The lowest BCUT2D eigenvalue weighted by Crippen LogP contribution is -2.44. The number of hydrogen-bond acceptors (Lipinski definition) is 5. The minimum Gasteiger partial charge on any atom is -0.495 e. The number of anilines is 2. The number of nitrogens with one attached hydrogen (secondary N) is 1. The third-order valence-corrected chi connectivity index (χ3v) is 7.15. The summed E-state index contributed by atoms with van der Waals surface area (Å²) >= 11 is 0. The summed E-state index contributed by atoms with van der Waals surface area (Å²) in [5.41, 5.74) is 6.21. The van der Waals surface area contributed by atoms with Gasteiger partial charge in [-0.05, 0) is 87.0 Å². The van der Waals surface area contributed by atoms with E-state index >= 15 is 0 Å². The Morgan fingerprint density at radius 1 is 0.921 bits per heavy atom. The van der Waals surface area contributed by atoms with Crippen LogP contribution in [-0.4, -0.2) is 70.1 Å². The van der Waals surface area contributed by atoms with Gasteiger partial charge in [0.15, 0.2) is 0 Å². The maximum Gasteiger partial charge on any atom is 0.258 e. The molecule has 0 unspecified atom stereocenters. The van der Waals surface area contributed by atoms with E-state index in [1.807, 2.05) is 75.4 Å². The molecule has 7 heteroatoms. The van der Waals surface area contributed by atoms with Crippen LogP contribution in [0.1, 0.15) is 40.1 Å². The van der Waals surface area contributed by atoms with E-state index in [2.05, 4.69) is 28.2 Å². The summed E-state index contributed by atoms with van der Waals surface area (Å²) in [6.07, 6.45) is 0. The van der Waals surface area contributed by atoms with Gasteiger partial charge in [0.25, 0.3) is 11.8 Å². The molecule has 4 rings (SSSR count). The first kappa shape index (κ1) is 27.2. The van der Waals surface area contributed by atoms with E-state index in [9.17, 15) is 9.59 Å². The Hall–Kier alpha value is -3.84. The zero-order valence-electron chi connectivity index (χ0n) is 23.1. The van der Waals surface area contributed by atoms with Gasteiger partial charge < -0.3 is 24.8 Å². The van der Waals surface area contributed by atoms with Crippen molar-refractivity contribution in [3.63, 3.8) is 0 Å². The molecule has 3 aromatic rings. The van der Waals surface area contributed by atoms with E-state index in [4.69, 9.17) is 4.74 Å². The number of carbonyl (C=O) groups is 2. The van der Waals surface area contributed by atoms with Crippen LogP contribution in [0.3, 0.4) is 0 Å². The lowest BCUT2D eigenvalue weighted by molar-refractivity contribution is 0.0954. The summed E-state index contributed by atoms with van der Waals surface area (Å²) in [7, 11) is 3.82. The van der Waals surface area contributed by atoms with Crippen LogP contribution in [0.2, 0.25) is 0 Å². The van der Waals surface area contributed by atoms with Gasteiger partial charge in [0.1, 0.15) is 5.75 Å². The largest absolute Gasteiger partial charge is 0.495 e. The number of benzene rings is 3. The number of piperazine rings is 1. The Morgan fingerprint density at radius 3 is 2.21 bits per heavy atom. The second-order valence-electron chi connectivity index (χ2n) is 9.66. The highest BCUT2D eigenvalue weighted by molar-refractivity contribution is 6.06. The molecule has 0 aromatic heterocycles. The minimum absolute atomic E-state index is 0.0446. The molecule has 0 saturated carbocycles. The summed E-state index contributed by atoms with van der Waals surface area (Å²) in [6.45, 7) is 10.9. The fourth-order valence-electron chi connectivity index (χ4n) is 4.92. The third-order valence-electron chi connectivity index (χ3n) is 7.15. The van der Waals surface area contributed by atoms with Crippen LogP contribution < -0.4 is 19.9 Å². The van der Waals surface area contributed by atoms with Crippen molar-refractivity contribution in [3.8, 4) is 16.9 Å². The number of rotatable bonds is 8. The van der Waals surface area contributed by atoms with Crippen LogP contribution in [0.15, 0.2) is 60.7 Å². The first-order valence-corrected chi connectivity index (χ1v) is 13.3. The van der Waals surface area contributed by atoms with E-state index in [0.717, 1.165) is 60.0 Å². The Balaban J connectivity index is 1.56. The average Bonchev–Trinajstić information content (AvgIpc) is 2.94. The number of carbonyl (C=O) groups excluding carboxylic acids is 2. The third kappa shape index (κ3) is 5.83. The highest BCUT2D eigenvalue weighted by Crippen LogP contribution is 2.34. The SMILES string of the molecule is CCNC(=O)c1ccc(-c2ccc(C(=O)N(CC)c3ccc(OC)c(N4CCN(C)CC4)c3)cc2)c(C)c1. The van der Waals surface area contributed by atoms with Crippen LogP contribution in [0, 0.1) is 6.92 Å². The number of hydrogen-bond donors (Lipinski definition) is 1. The van der Waals surface area contributed by atoms with Crippen LogP contribution in [-0.2, 0) is 0 Å². The molecule has 38 heavy (non-hydrogen) atoms. The molecule has 1 aliphatic rings. The molecule has 0 radical (unpaired) electrons. The molecule has 7 nitrogen and oxygen atoms in total. The number of aryl methyl sites for hydroxylation is 1. The fourth-order valence-corrected chi connectivity index (χ4v) is 4.92. The Kier molecular flexibility index (Phi) is 8.69. The molecular formula is C31H38N4O3. The molecule has 3 aromatic carbocycles. The first-order valence-electron chi connectivity index (χ1n) is 13.3. The molecule has 0 bridgehead atoms. The number of ether oxygens (including phenoxy) is 1. The van der Waals surface area contributed by atoms with Gasteiger partial charge >= 0.3 is 0 Å². The van der Waals surface area contributed by atoms with E-state index in [1.165, 1.54) is 0 Å². The van der Waals surface area contributed by atoms with Crippen molar-refractivity contribution in [3.05, 3.63) is 77.4 Å². The first-order chi connectivity index (χ1) is 18.4. The van der Waals surface area contributed by atoms with E-state index in [-0.39, 0.29) is 11.8 Å². The molecule has 1 saturated heterocycles. The van der Waals surface area contributed by atoms with Gasteiger partial charge in [0.05, 0.1) is 12.8 Å². The standard InChI is InChI=1S/C31H38N4O3/c1-6-32-30(36)25-12-14-27(22(3)20-25)23-8-10-24(11-9-23)31(37)35(7-2)26-13-15-29(38-5)28(21-26)34-18-16-33(4)17-19-34/h8-15,20-21H,6-7,16-19H2,1-5H3,(H,32,36). The predicted molar refractivity (Wildman–Crippen MR) is 155 cm³/mol. The molecule has 1 aliphatic heterocycles. The van der Waals surface area contributed by atoms with E-state index in [0.29, 0.717) is 24.2 Å². The summed E-state index contributed by atoms with van der Waals surface area (Å²) in [6, 6.07) is 19.4. The lowest BCUT2D eigenvalue weighted by atomic mass is 9.97. The number of methoxy groups -OCH3 is 1. The maximum absolute atomic E-state index is 13.6. The molecule has 1 heterocycles. The monoisotopic (exact) mass is 514 g/mol. The molecule has 2 amide bonds. The Bertz CT molecular complexity index is 1280. The normalized spacial score (nSPS) is 13.8. The minimum atomic E-state index is -0.0722. The molecule has 1 fully saturated rings. The number of amides is 2. The summed E-state index contributed by atoms with van der Waals surface area (Å²) in [5.74, 6) is 0.702. The van der Waals surface area contributed by atoms with Crippen molar-refractivity contribution in [1.29, 1.82) is 0 Å². The van der Waals surface area contributed by atoms with Crippen molar-refractivity contribution >= 4 is 23.2 Å². The zero-order chi connectivity index (χ0) is 27.2. The van der Waals surface area contributed by atoms with Crippen LogP contribution >= 0.6 is 0 Å². The van der Waals surface area contributed by atoms with E-state index in [1.54, 1.807) is 12.0 Å². The van der Waals surface area contributed by atoms with Gasteiger partial charge in [-0.2, -0.15) is 0 Å². The van der Waals surface area contributed by atoms with Crippen LogP contribution in [0.5, 0.6) is 5.75 Å². The van der Waals surface area contributed by atoms with Crippen molar-refractivity contribution in [2.24, 2.45) is 0 Å². The Labute approximate surface area is 226 Å². The zero-order valence-corrected chi connectivity index (χ0v) is 23.1. The molecule has 200 valence electrons. The van der Waals surface area contributed by atoms with Gasteiger partial charge in [0, 0.05) is 56.1 Å². The summed E-state index contributed by atoms with van der Waals surface area (Å²) in [4.78, 5) is 32.2. The molecule has 0 spiro atoms. The average molecular weight is 515 g/mol. The number of nitrogens with zero attached hydrogens (tertiary/aromatic N) is 3. The molecule has 0 atom stereocenters. The fraction of sp³-hybridized carbons (Fsp3) is 0.355. The molecular weight excluding hydrogens is 476 g/mol. The predicted octanol–water partition coefficient (Wildman–Crippen LogP) is 4.84. The summed E-state index contributed by atoms with van der Waals surface area (Å²) < 4.78 is 5.66. The van der Waals surface area contributed by atoms with Crippen LogP contribution in [0.4, 0.5) is 11.4 Å². The van der Waals surface area contributed by atoms with Gasteiger partial charge in [-0.15, -0.1) is 0 Å². The topological polar surface area (TPSA) is 65.1 Å². The highest BCUT2D eigenvalue weighted by atomic mass is 16.5. The smallest absolute Gasteiger partial charge is 0.258 e. The van der Waals surface area contributed by atoms with Gasteiger partial charge in [-0.25, -0.2) is 0 Å². The highest BCUT2D eigenvalue weighted by Gasteiger charge is 2.22. The van der Waals surface area contributed by atoms with Gasteiger partial charge in [-0.1, -0.05) is 18.2 Å². The van der Waals surface area contributed by atoms with E-state index < -0.39 is 0 Å². The van der Waals surface area contributed by atoms with Gasteiger partial charge in [0.2, 0.25) is 0 Å². The lowest BCUT2D eigenvalue weighted by Gasteiger charge is -2.35. The number of likely N-dealkylation sites (N-methyl/N-ethyl adjacent to an activating group) is 1. The quantitative estimate of drug-likeness (QED) is 0.466. The van der Waals surface area contributed by atoms with Crippen molar-refractivity contribution in [1.82, 2.24) is 10.2 Å². The van der Waals surface area contributed by atoms with Crippen molar-refractivity contribution in [2.75, 3.05) is 63.2 Å². The maximum atomic E-state index is 13.6. The van der Waals surface area contributed by atoms with Crippen LogP contribution in [0.25, 0.3) is 11.1 Å². The van der Waals surface area contributed by atoms with Gasteiger partial charge in [-0.3, -0.25) is 9.59 Å². The second-order valence-corrected chi connectivity index (χ2v) is 9.66. The van der Waals surface area contributed by atoms with Crippen molar-refractivity contribution in [2.45, 2.75) is 20.8 Å². The Morgan fingerprint density at radius 2 is 1.61 bits per heavy atom. The summed E-state index contributed by atoms with van der Waals surface area (Å²) in [5, 5.41) is 2.84. The molecule has 0 aliphatic carbocycles.